The molecular weight excluding hydrogens is 506 g/mol. The Hall–Kier alpha value is -2.82. The first-order valence-electron chi connectivity index (χ1n) is 13.6. The second-order valence-electron chi connectivity index (χ2n) is 11.0. The number of hydrogen-bond donors (Lipinski definition) is 3. The molecule has 0 unspecified atom stereocenters. The highest BCUT2D eigenvalue weighted by molar-refractivity contribution is 7.89. The lowest BCUT2D eigenvalue weighted by Gasteiger charge is -2.35. The molecule has 0 bridgehead atoms. The maximum absolute atomic E-state index is 13.5. The first-order valence-corrected chi connectivity index (χ1v) is 15.1. The van der Waals surface area contributed by atoms with Crippen molar-refractivity contribution in [3.8, 4) is 11.5 Å². The van der Waals surface area contributed by atoms with Crippen molar-refractivity contribution in [3.05, 3.63) is 41.5 Å². The number of aliphatic hydroxyl groups excluding tert-OH is 1. The van der Waals surface area contributed by atoms with E-state index < -0.39 is 10.0 Å². The van der Waals surface area contributed by atoms with Crippen LogP contribution in [0.1, 0.15) is 60.9 Å². The van der Waals surface area contributed by atoms with Gasteiger partial charge in [-0.25, -0.2) is 13.1 Å². The molecule has 0 aromatic heterocycles. The van der Waals surface area contributed by atoms with Gasteiger partial charge in [-0.3, -0.25) is 4.79 Å². The van der Waals surface area contributed by atoms with Crippen molar-refractivity contribution < 1.29 is 27.8 Å². The Kier molecular flexibility index (Phi) is 6.74. The van der Waals surface area contributed by atoms with Crippen LogP contribution in [0.5, 0.6) is 11.5 Å². The number of rotatable bonds is 9. The van der Waals surface area contributed by atoms with E-state index in [2.05, 4.69) is 14.9 Å². The molecule has 4 aliphatic rings. The highest BCUT2D eigenvalue weighted by Crippen LogP contribution is 2.54. The van der Waals surface area contributed by atoms with Crippen molar-refractivity contribution in [3.63, 3.8) is 0 Å². The summed E-state index contributed by atoms with van der Waals surface area (Å²) in [7, 11) is -3.79. The number of benzene rings is 2. The van der Waals surface area contributed by atoms with Crippen LogP contribution in [0.4, 0.5) is 11.4 Å². The van der Waals surface area contributed by atoms with Gasteiger partial charge < -0.3 is 24.8 Å². The normalized spacial score (nSPS) is 20.0. The average molecular weight is 542 g/mol. The van der Waals surface area contributed by atoms with Crippen molar-refractivity contribution >= 4 is 27.3 Å². The molecule has 6 rings (SSSR count). The van der Waals surface area contributed by atoms with Crippen LogP contribution in [0.2, 0.25) is 0 Å². The van der Waals surface area contributed by atoms with E-state index in [1.807, 2.05) is 6.07 Å². The minimum absolute atomic E-state index is 0.0598. The number of piperidine rings is 1. The van der Waals surface area contributed by atoms with Gasteiger partial charge in [0.15, 0.2) is 11.5 Å². The summed E-state index contributed by atoms with van der Waals surface area (Å²) in [5, 5.41) is 12.1. The zero-order valence-electron chi connectivity index (χ0n) is 21.5. The maximum Gasteiger partial charge on any atom is 0.255 e. The van der Waals surface area contributed by atoms with Crippen molar-refractivity contribution in [1.82, 2.24) is 4.72 Å². The van der Waals surface area contributed by atoms with Crippen LogP contribution in [0, 0.1) is 5.41 Å². The van der Waals surface area contributed by atoms with Gasteiger partial charge in [0.25, 0.3) is 5.91 Å². The van der Waals surface area contributed by atoms with Crippen molar-refractivity contribution in [2.24, 2.45) is 5.41 Å². The number of carbonyl (C=O) groups is 1. The molecule has 1 saturated heterocycles. The van der Waals surface area contributed by atoms with Crippen LogP contribution in [-0.2, 0) is 16.4 Å². The highest BCUT2D eigenvalue weighted by atomic mass is 32.2. The maximum atomic E-state index is 13.5. The number of carbonyl (C=O) groups excluding carboxylic acids is 1. The Balaban J connectivity index is 1.29. The summed E-state index contributed by atoms with van der Waals surface area (Å²) in [5.74, 6) is 1.09. The number of hydrogen-bond acceptors (Lipinski definition) is 7. The third-order valence-electron chi connectivity index (χ3n) is 8.41. The van der Waals surface area contributed by atoms with Crippen LogP contribution in [-0.4, -0.2) is 58.4 Å². The zero-order chi connectivity index (χ0) is 26.3. The summed E-state index contributed by atoms with van der Waals surface area (Å²) in [6.45, 7) is 1.85. The molecule has 2 aliphatic carbocycles. The summed E-state index contributed by atoms with van der Waals surface area (Å²) >= 11 is 0. The molecule has 2 aromatic rings. The monoisotopic (exact) mass is 541 g/mol. The first-order chi connectivity index (χ1) is 18.4. The van der Waals surface area contributed by atoms with E-state index in [1.165, 1.54) is 18.9 Å². The fourth-order valence-electron chi connectivity index (χ4n) is 5.56. The van der Waals surface area contributed by atoms with E-state index in [0.29, 0.717) is 34.7 Å². The topological polar surface area (TPSA) is 117 Å². The lowest BCUT2D eigenvalue weighted by atomic mass is 9.93. The molecule has 1 amide bonds. The molecular formula is C28H35N3O6S. The minimum Gasteiger partial charge on any atom is -0.489 e. The number of amides is 1. The predicted octanol–water partition coefficient (Wildman–Crippen LogP) is 3.46. The Morgan fingerprint density at radius 3 is 2.61 bits per heavy atom. The van der Waals surface area contributed by atoms with Crippen LogP contribution in [0.3, 0.4) is 0 Å². The summed E-state index contributed by atoms with van der Waals surface area (Å²) in [4.78, 5) is 15.8. The van der Waals surface area contributed by atoms with E-state index in [0.717, 1.165) is 62.9 Å². The molecule has 2 saturated carbocycles. The van der Waals surface area contributed by atoms with Gasteiger partial charge in [0.1, 0.15) is 0 Å². The molecule has 204 valence electrons. The van der Waals surface area contributed by atoms with Gasteiger partial charge in [0.2, 0.25) is 10.0 Å². The van der Waals surface area contributed by atoms with Crippen molar-refractivity contribution in [1.29, 1.82) is 0 Å². The molecule has 1 spiro atoms. The molecule has 38 heavy (non-hydrogen) atoms. The molecule has 0 radical (unpaired) electrons. The largest absolute Gasteiger partial charge is 0.489 e. The van der Waals surface area contributed by atoms with Crippen molar-refractivity contribution in [2.45, 2.75) is 62.4 Å². The fourth-order valence-corrected chi connectivity index (χ4v) is 6.60. The van der Waals surface area contributed by atoms with Gasteiger partial charge in [-0.1, -0.05) is 0 Å². The molecule has 2 aromatic carbocycles. The number of fused-ring (bicyclic) bond motifs is 1. The molecule has 3 N–H and O–H groups in total. The number of ether oxygens (including phenoxy) is 2. The van der Waals surface area contributed by atoms with E-state index in [4.69, 9.17) is 14.6 Å². The summed E-state index contributed by atoms with van der Waals surface area (Å²) in [6, 6.07) is 8.40. The van der Waals surface area contributed by atoms with Gasteiger partial charge >= 0.3 is 0 Å². The number of nitrogens with one attached hydrogen (secondary N) is 2. The molecule has 9 nitrogen and oxygen atoms in total. The second-order valence-corrected chi connectivity index (χ2v) is 12.7. The minimum atomic E-state index is -3.79. The summed E-state index contributed by atoms with van der Waals surface area (Å²) in [5.41, 5.74) is 3.17. The van der Waals surface area contributed by atoms with Crippen molar-refractivity contribution in [2.75, 3.05) is 43.1 Å². The lowest BCUT2D eigenvalue weighted by Crippen LogP contribution is -2.35. The lowest BCUT2D eigenvalue weighted by molar-refractivity contribution is 0.102. The smallest absolute Gasteiger partial charge is 0.255 e. The SMILES string of the molecule is O=C(Nc1ccc(S(=O)(=O)NCCO)cc1N1CCC2(CC1)CC2)c1cc2c(c(OC3CCC3)c1)OCC2. The Morgan fingerprint density at radius 1 is 1.13 bits per heavy atom. The van der Waals surface area contributed by atoms with Crippen LogP contribution in [0.25, 0.3) is 0 Å². The zero-order valence-corrected chi connectivity index (χ0v) is 22.3. The highest BCUT2D eigenvalue weighted by Gasteiger charge is 2.44. The predicted molar refractivity (Wildman–Crippen MR) is 144 cm³/mol. The number of sulfonamides is 1. The third kappa shape index (κ3) is 5.09. The van der Waals surface area contributed by atoms with E-state index in [9.17, 15) is 13.2 Å². The first kappa shape index (κ1) is 25.5. The third-order valence-corrected chi connectivity index (χ3v) is 9.87. The molecule has 10 heteroatoms. The quantitative estimate of drug-likeness (QED) is 0.445. The number of aliphatic hydroxyl groups is 1. The van der Waals surface area contributed by atoms with Crippen LogP contribution < -0.4 is 24.4 Å². The summed E-state index contributed by atoms with van der Waals surface area (Å²) < 4.78 is 40.0. The van der Waals surface area contributed by atoms with E-state index >= 15 is 0 Å². The molecule has 3 fully saturated rings. The van der Waals surface area contributed by atoms with Gasteiger partial charge in [-0.2, -0.15) is 0 Å². The van der Waals surface area contributed by atoms with Crippen LogP contribution >= 0.6 is 0 Å². The van der Waals surface area contributed by atoms with Gasteiger partial charge in [0, 0.05) is 37.2 Å². The Bertz CT molecular complexity index is 1330. The number of nitrogens with zero attached hydrogens (tertiary/aromatic N) is 1. The van der Waals surface area contributed by atoms with Gasteiger partial charge in [-0.15, -0.1) is 0 Å². The van der Waals surface area contributed by atoms with E-state index in [-0.39, 0.29) is 30.1 Å². The molecule has 2 heterocycles. The molecule has 2 aliphatic heterocycles. The summed E-state index contributed by atoms with van der Waals surface area (Å²) in [6.07, 6.45) is 8.70. The fraction of sp³-hybridized carbons (Fsp3) is 0.536. The van der Waals surface area contributed by atoms with Gasteiger partial charge in [0.05, 0.1) is 35.6 Å². The number of anilines is 2. The van der Waals surface area contributed by atoms with Gasteiger partial charge in [-0.05, 0) is 80.7 Å². The molecule has 0 atom stereocenters. The Labute approximate surface area is 223 Å². The van der Waals surface area contributed by atoms with Crippen LogP contribution in [0.15, 0.2) is 35.2 Å². The second kappa shape index (κ2) is 10.1. The average Bonchev–Trinajstić information content (AvgIpc) is 3.46. The standard InChI is InChI=1S/C28H35N3O6S/c32-14-11-29-38(34,35)22-4-5-23(24(18-22)31-12-9-28(7-8-28)10-13-31)30-27(33)20-16-19-6-15-36-26(19)25(17-20)37-21-2-1-3-21/h4-5,16-18,21,29,32H,1-3,6-15H2,(H,30,33). The van der Waals surface area contributed by atoms with E-state index in [1.54, 1.807) is 18.2 Å². The Morgan fingerprint density at radius 2 is 1.92 bits per heavy atom.